The lowest BCUT2D eigenvalue weighted by atomic mass is 10.1. The monoisotopic (exact) mass is 2280 g/mol. The lowest BCUT2D eigenvalue weighted by Crippen LogP contribution is -2.31. The zero-order valence-corrected chi connectivity index (χ0v) is 102. The number of rotatable bonds is 79. The van der Waals surface area contributed by atoms with E-state index in [1.807, 2.05) is 131 Å². The number of carboxylic acid groups (broad SMARTS) is 2. The number of unbranched alkanes of at least 4 members (excludes halogenated alkanes) is 8. The first-order valence-electron chi connectivity index (χ1n) is 53.0. The molecule has 23 nitrogen and oxygen atoms in total. The van der Waals surface area contributed by atoms with Crippen LogP contribution in [0.5, 0.6) is 0 Å². The maximum Gasteiger partial charge on any atom is 0.313 e. The van der Waals surface area contributed by atoms with Crippen molar-refractivity contribution in [3.05, 3.63) is 0 Å². The van der Waals surface area contributed by atoms with Crippen molar-refractivity contribution in [3.63, 3.8) is 0 Å². The van der Waals surface area contributed by atoms with Crippen LogP contribution in [0.15, 0.2) is 0 Å². The molecule has 0 spiro atoms. The lowest BCUT2D eigenvalue weighted by Gasteiger charge is -2.15. The van der Waals surface area contributed by atoms with Gasteiger partial charge in [-0.1, -0.05) is 270 Å². The zero-order chi connectivity index (χ0) is 107. The third kappa shape index (κ3) is 113. The topological polar surface area (TPSA) is 357 Å². The van der Waals surface area contributed by atoms with E-state index in [-0.39, 0.29) is 99.0 Å². The van der Waals surface area contributed by atoms with Gasteiger partial charge in [0, 0.05) is 193 Å². The van der Waals surface area contributed by atoms with Gasteiger partial charge in [0.1, 0.15) is 0 Å². The predicted octanol–water partition coefficient (Wildman–Crippen LogP) is 29.2. The molecule has 0 bridgehead atoms. The summed E-state index contributed by atoms with van der Waals surface area (Å²) in [6.45, 7) is 26.2. The number of carbonyl (C=O) groups is 16. The van der Waals surface area contributed by atoms with Crippen molar-refractivity contribution in [2.75, 3.05) is 86.4 Å². The van der Waals surface area contributed by atoms with Crippen LogP contribution in [-0.2, 0) is 90.9 Å². The van der Waals surface area contributed by atoms with E-state index < -0.39 is 23.9 Å². The Labute approximate surface area is 924 Å². The van der Waals surface area contributed by atoms with Gasteiger partial charge in [-0.25, -0.2) is 0 Å². The van der Waals surface area contributed by atoms with Crippen molar-refractivity contribution in [3.8, 4) is 0 Å². The Morgan fingerprint density at radius 3 is 0.944 bits per heavy atom. The van der Waals surface area contributed by atoms with Crippen molar-refractivity contribution in [2.45, 2.75) is 473 Å². The van der Waals surface area contributed by atoms with Gasteiger partial charge < -0.3 is 34.6 Å². The summed E-state index contributed by atoms with van der Waals surface area (Å²) < 4.78 is 14.5. The Morgan fingerprint density at radius 2 is 0.627 bits per heavy atom. The summed E-state index contributed by atoms with van der Waals surface area (Å²) in [6.07, 6.45) is 44.7. The molecule has 0 saturated carbocycles. The fourth-order valence-corrected chi connectivity index (χ4v) is 30.1. The molecular weight excluding hydrogens is 2090 g/mol. The van der Waals surface area contributed by atoms with Gasteiger partial charge in [-0.3, -0.25) is 76.7 Å². The van der Waals surface area contributed by atoms with Gasteiger partial charge in [0.25, 0.3) is 0 Å². The summed E-state index contributed by atoms with van der Waals surface area (Å²) in [7, 11) is 11.9. The van der Waals surface area contributed by atoms with E-state index in [1.165, 1.54) is 143 Å². The van der Waals surface area contributed by atoms with Crippen LogP contribution in [0.1, 0.15) is 436 Å². The fraction of sp³-hybridized carbons (Fsp3) is 0.846. The van der Waals surface area contributed by atoms with Crippen molar-refractivity contribution in [2.24, 2.45) is 0 Å². The number of carbonyl (C=O) groups excluding carboxylic acids is 14. The van der Waals surface area contributed by atoms with Crippen LogP contribution in [0.25, 0.3) is 0 Å². The van der Waals surface area contributed by atoms with E-state index in [1.54, 1.807) is 6.92 Å². The molecule has 2 heterocycles. The molecule has 0 radical (unpaired) electrons. The van der Waals surface area contributed by atoms with Crippen LogP contribution >= 0.6 is 174 Å². The standard InChI is InChI=1S/C20H38N2O3S2.C20H34O5S2.C20H36O3S3.C18H32O4S2.C10H18O2S2.C8H14O2S2.C8H16O2S2/c1-5-9-19(24)26-16-13-17(27-20(25)10-6-2)11-7-8-12-18(23)21-14-15-22(3)4;1-4-9-17(21)25-18(22)13-8-7-12-16(27-20(24)11-6-3)14-15-26-19(23)10-5-2;1-4-7-15-24-19(22)13-9-8-12-17(26-20(23)11-6-3)14-16-25-18(21)10-5-2;1-4-9-17(20)23-14-13-15(24-18(21)10-5-2)11-7-8-12-16(19)22-6-3;1-2-12-10(11)6-4-3-5-9-7-8-13-14-9;9-8(10)4-2-1-3-7-5-6-11-12-7;9-8(10)4-2-1-3-7(12)5-6-11/h17H,5-16H2,1-4H3,(H,21,23);16H,4-15H2,1-3H3;17H,4-16H2,1-3H3;15H,4-14H2,1-3H3;9H,2-8H2,1H3;7H,1-6H2,(H,9,10);7,11-12H,1-6H2,(H,9,10). The predicted molar refractivity (Wildman–Crippen MR) is 629 cm³/mol. The Kier molecular flexibility index (Phi) is 118. The highest BCUT2D eigenvalue weighted by molar-refractivity contribution is 8.77. The van der Waals surface area contributed by atoms with E-state index in [0.717, 1.165) is 263 Å². The minimum Gasteiger partial charge on any atom is -0.481 e. The number of hydrogen-bond donors (Lipinski definition) is 5. The Hall–Kier alpha value is -1.27. The third-order valence-corrected chi connectivity index (χ3v) is 37.4. The molecule has 2 saturated heterocycles. The second-order valence-electron chi connectivity index (χ2n) is 34.7. The second-order valence-corrected chi connectivity index (χ2v) is 52.7. The number of thioether (sulfide) groups is 9. The number of likely N-dealkylation sites (N-methyl/N-ethyl adjacent to an activating group) is 1. The number of thiol groups is 2. The minimum absolute atomic E-state index is 0.0408. The molecule has 0 aromatic carbocycles. The molecule has 0 aromatic heterocycles. The average Bonchev–Trinajstić information content (AvgIpc) is 1.32. The number of carboxylic acids is 2. The zero-order valence-electron chi connectivity index (χ0n) is 89.2. The summed E-state index contributed by atoms with van der Waals surface area (Å²) in [5.74, 6) is 5.03. The number of aliphatic carboxylic acids is 2. The number of esters is 4. The molecule has 38 heteroatoms. The number of nitrogens with one attached hydrogen (secondary N) is 1. The summed E-state index contributed by atoms with van der Waals surface area (Å²) in [5.41, 5.74) is 0. The van der Waals surface area contributed by atoms with E-state index >= 15 is 0 Å². The van der Waals surface area contributed by atoms with Crippen molar-refractivity contribution < 1.29 is 101 Å². The van der Waals surface area contributed by atoms with Crippen molar-refractivity contribution >= 4 is 262 Å². The van der Waals surface area contributed by atoms with Gasteiger partial charge in [0.15, 0.2) is 46.0 Å². The van der Waals surface area contributed by atoms with Gasteiger partial charge in [0.05, 0.1) is 13.2 Å². The quantitative estimate of drug-likeness (QED) is 0.00943. The van der Waals surface area contributed by atoms with Crippen LogP contribution in [-0.4, -0.2) is 226 Å². The Balaban J connectivity index is -0.000000525. The first-order valence-corrected chi connectivity index (χ1v) is 67.3. The Bertz CT molecular complexity index is 3220. The molecule has 2 fully saturated rings. The molecule has 0 aromatic rings. The van der Waals surface area contributed by atoms with Crippen molar-refractivity contribution in [1.82, 2.24) is 10.2 Å². The largest absolute Gasteiger partial charge is 0.481 e. The molecule has 142 heavy (non-hydrogen) atoms. The van der Waals surface area contributed by atoms with Gasteiger partial charge >= 0.3 is 35.8 Å². The highest BCUT2D eigenvalue weighted by Crippen LogP contribution is 2.41. The van der Waals surface area contributed by atoms with E-state index in [0.29, 0.717) is 126 Å². The normalized spacial score (nSPS) is 13.9. The molecule has 0 aliphatic carbocycles. The van der Waals surface area contributed by atoms with Gasteiger partial charge in [-0.05, 0) is 233 Å². The maximum absolute atomic E-state index is 12.0. The van der Waals surface area contributed by atoms with Crippen LogP contribution in [0, 0.1) is 0 Å². The first-order chi connectivity index (χ1) is 68.1. The second kappa shape index (κ2) is 112. The summed E-state index contributed by atoms with van der Waals surface area (Å²) >= 11 is 21.1. The molecule has 7 unspecified atom stereocenters. The van der Waals surface area contributed by atoms with E-state index in [4.69, 9.17) is 24.4 Å². The number of hydrogen-bond acceptors (Lipinski definition) is 35. The molecule has 2 aliphatic heterocycles. The summed E-state index contributed by atoms with van der Waals surface area (Å²) in [5, 5.41) is 24.8. The first kappa shape index (κ1) is 149. The number of amides is 1. The fourth-order valence-electron chi connectivity index (χ4n) is 12.9. The molecular formula is C104H188N2O21S15. The van der Waals surface area contributed by atoms with Gasteiger partial charge in [-0.15, -0.1) is 0 Å². The summed E-state index contributed by atoms with van der Waals surface area (Å²) in [4.78, 5) is 186. The van der Waals surface area contributed by atoms with Crippen LogP contribution in [0.4, 0.5) is 0 Å². The highest BCUT2D eigenvalue weighted by atomic mass is 33.1. The van der Waals surface area contributed by atoms with Crippen molar-refractivity contribution in [1.29, 1.82) is 0 Å². The van der Waals surface area contributed by atoms with Gasteiger partial charge in [-0.2, -0.15) is 25.3 Å². The van der Waals surface area contributed by atoms with Crippen LogP contribution < -0.4 is 5.32 Å². The molecule has 2 aliphatic rings. The molecule has 830 valence electrons. The van der Waals surface area contributed by atoms with Gasteiger partial charge in [0.2, 0.25) is 5.91 Å². The SMILES string of the molecule is CCCC(=O)OC(=O)CCCCC(CCSC(=O)CCC)SC(=O)CCC.CCCC(=O)SCCC(CCCCC(=O)NCCN(C)C)SC(=O)CCC.CCCC(=O)SCCC(CCCCC(=O)OCC)SC(=O)CCC.CCCCSC(=O)CCCCC(CCSC(=O)CCC)SC(=O)CCC.CCOC(=O)CCCCC1CCSS1.O=C(O)CCCCC(S)CCS.O=C(O)CCCCC1CCSS1. The average molecular weight is 2280 g/mol. The summed E-state index contributed by atoms with van der Waals surface area (Å²) in [6, 6.07) is 0. The van der Waals surface area contributed by atoms with Crippen LogP contribution in [0.3, 0.4) is 0 Å². The van der Waals surface area contributed by atoms with E-state index in [9.17, 15) is 76.7 Å². The van der Waals surface area contributed by atoms with E-state index in [2.05, 4.69) is 37.5 Å². The smallest absolute Gasteiger partial charge is 0.313 e. The molecule has 2 rings (SSSR count). The Morgan fingerprint density at radius 1 is 0.331 bits per heavy atom. The third-order valence-electron chi connectivity index (χ3n) is 20.6. The number of nitrogens with zero attached hydrogens (tertiary/aromatic N) is 1. The molecule has 3 N–H and O–H groups in total. The number of ether oxygens (including phenoxy) is 3. The lowest BCUT2D eigenvalue weighted by molar-refractivity contribution is -0.160. The maximum atomic E-state index is 12.0. The molecule has 1 amide bonds. The minimum atomic E-state index is -0.708. The highest BCUT2D eigenvalue weighted by Gasteiger charge is 2.24. The van der Waals surface area contributed by atoms with Crippen LogP contribution in [0.2, 0.25) is 0 Å². The molecule has 7 atom stereocenters.